The highest BCUT2D eigenvalue weighted by Crippen LogP contribution is 2.39. The van der Waals surface area contributed by atoms with Gasteiger partial charge in [-0.3, -0.25) is 9.59 Å². The van der Waals surface area contributed by atoms with E-state index < -0.39 is 0 Å². The summed E-state index contributed by atoms with van der Waals surface area (Å²) >= 11 is 0. The van der Waals surface area contributed by atoms with Crippen molar-refractivity contribution in [2.75, 3.05) is 11.4 Å². The van der Waals surface area contributed by atoms with Crippen molar-refractivity contribution in [3.63, 3.8) is 0 Å². The molecule has 3 aliphatic rings. The van der Waals surface area contributed by atoms with Gasteiger partial charge >= 0.3 is 0 Å². The van der Waals surface area contributed by atoms with E-state index in [1.807, 2.05) is 36.4 Å². The number of ether oxygens (including phenoxy) is 1. The van der Waals surface area contributed by atoms with Gasteiger partial charge in [0.05, 0.1) is 5.92 Å². The number of anilines is 1. The summed E-state index contributed by atoms with van der Waals surface area (Å²) in [5.41, 5.74) is 3.26. The van der Waals surface area contributed by atoms with Crippen molar-refractivity contribution in [3.8, 4) is 5.88 Å². The number of pyridine rings is 1. The van der Waals surface area contributed by atoms with Gasteiger partial charge in [-0.2, -0.15) is 0 Å². The first-order valence-electron chi connectivity index (χ1n) is 11.3. The standard InChI is InChI=1S/C25H29N3O3/c1-16-6-7-19(11-17(16)2)27-15-18(12-24(27)29)25(30)28-20-8-9-21(28)14-22(13-20)31-23-5-3-4-10-26-23/h3-7,10-11,18,20-22H,8-9,12-15H2,1-2H3. The highest BCUT2D eigenvalue weighted by Gasteiger charge is 2.47. The van der Waals surface area contributed by atoms with Crippen LogP contribution in [-0.4, -0.2) is 46.4 Å². The first kappa shape index (κ1) is 20.0. The highest BCUT2D eigenvalue weighted by molar-refractivity contribution is 6.00. The Labute approximate surface area is 183 Å². The van der Waals surface area contributed by atoms with Crippen LogP contribution in [0.5, 0.6) is 5.88 Å². The number of carbonyl (C=O) groups excluding carboxylic acids is 2. The van der Waals surface area contributed by atoms with Crippen LogP contribution in [0, 0.1) is 19.8 Å². The molecule has 3 aliphatic heterocycles. The Kier molecular flexibility index (Phi) is 5.16. The Balaban J connectivity index is 1.26. The van der Waals surface area contributed by atoms with Crippen LogP contribution < -0.4 is 9.64 Å². The molecule has 0 N–H and O–H groups in total. The molecule has 0 spiro atoms. The van der Waals surface area contributed by atoms with E-state index in [0.29, 0.717) is 18.8 Å². The van der Waals surface area contributed by atoms with Crippen LogP contribution in [0.4, 0.5) is 5.69 Å². The number of aryl methyl sites for hydroxylation is 2. The predicted octanol–water partition coefficient (Wildman–Crippen LogP) is 3.65. The number of rotatable bonds is 4. The normalized spacial score (nSPS) is 27.6. The summed E-state index contributed by atoms with van der Waals surface area (Å²) in [6.45, 7) is 4.59. The highest BCUT2D eigenvalue weighted by atomic mass is 16.5. The van der Waals surface area contributed by atoms with Crippen molar-refractivity contribution in [2.24, 2.45) is 5.92 Å². The SMILES string of the molecule is Cc1ccc(N2CC(C(=O)N3C4CCC3CC(Oc3ccccn3)C4)CC2=O)cc1C. The van der Waals surface area contributed by atoms with E-state index in [4.69, 9.17) is 4.74 Å². The van der Waals surface area contributed by atoms with Gasteiger partial charge < -0.3 is 14.5 Å². The monoisotopic (exact) mass is 419 g/mol. The van der Waals surface area contributed by atoms with Crippen molar-refractivity contribution in [1.82, 2.24) is 9.88 Å². The second-order valence-electron chi connectivity index (χ2n) is 9.18. The van der Waals surface area contributed by atoms with Gasteiger partial charge in [-0.25, -0.2) is 4.98 Å². The van der Waals surface area contributed by atoms with E-state index in [-0.39, 0.29) is 35.9 Å². The maximum Gasteiger partial charge on any atom is 0.228 e. The molecule has 3 saturated heterocycles. The maximum absolute atomic E-state index is 13.5. The van der Waals surface area contributed by atoms with Gasteiger partial charge in [-0.15, -0.1) is 0 Å². The number of benzene rings is 1. The number of amides is 2. The molecular weight excluding hydrogens is 390 g/mol. The van der Waals surface area contributed by atoms with Gasteiger partial charge in [0.2, 0.25) is 17.7 Å². The molecule has 5 rings (SSSR count). The molecule has 3 atom stereocenters. The minimum Gasteiger partial charge on any atom is -0.474 e. The van der Waals surface area contributed by atoms with E-state index in [1.165, 1.54) is 5.56 Å². The molecule has 2 amide bonds. The minimum atomic E-state index is -0.259. The van der Waals surface area contributed by atoms with E-state index in [9.17, 15) is 9.59 Å². The van der Waals surface area contributed by atoms with Crippen LogP contribution in [0.25, 0.3) is 0 Å². The molecule has 1 aromatic carbocycles. The Morgan fingerprint density at radius 1 is 1.06 bits per heavy atom. The maximum atomic E-state index is 13.5. The molecule has 1 aromatic heterocycles. The Bertz CT molecular complexity index is 979. The first-order valence-corrected chi connectivity index (χ1v) is 11.3. The van der Waals surface area contributed by atoms with Gasteiger partial charge in [-0.1, -0.05) is 12.1 Å². The summed E-state index contributed by atoms with van der Waals surface area (Å²) in [5, 5.41) is 0. The quantitative estimate of drug-likeness (QED) is 0.759. The number of hydrogen-bond donors (Lipinski definition) is 0. The van der Waals surface area contributed by atoms with Crippen molar-refractivity contribution in [3.05, 3.63) is 53.7 Å². The molecule has 3 fully saturated rings. The number of nitrogens with zero attached hydrogens (tertiary/aromatic N) is 3. The summed E-state index contributed by atoms with van der Waals surface area (Å²) < 4.78 is 6.09. The minimum absolute atomic E-state index is 0.0438. The van der Waals surface area contributed by atoms with Gasteiger partial charge in [0.1, 0.15) is 6.10 Å². The number of piperidine rings is 1. The first-order chi connectivity index (χ1) is 15.0. The molecule has 31 heavy (non-hydrogen) atoms. The lowest BCUT2D eigenvalue weighted by molar-refractivity contribution is -0.141. The fourth-order valence-electron chi connectivity index (χ4n) is 5.40. The lowest BCUT2D eigenvalue weighted by atomic mass is 9.96. The van der Waals surface area contributed by atoms with Gasteiger partial charge in [-0.05, 0) is 56.0 Å². The summed E-state index contributed by atoms with van der Waals surface area (Å²) in [4.78, 5) is 34.3. The Morgan fingerprint density at radius 2 is 1.84 bits per heavy atom. The third-order valence-electron chi connectivity index (χ3n) is 7.15. The zero-order valence-electron chi connectivity index (χ0n) is 18.2. The third-order valence-corrected chi connectivity index (χ3v) is 7.15. The summed E-state index contributed by atoms with van der Waals surface area (Å²) in [6, 6.07) is 12.2. The van der Waals surface area contributed by atoms with E-state index in [2.05, 4.69) is 23.7 Å². The molecular formula is C25H29N3O3. The molecule has 0 radical (unpaired) electrons. The molecule has 6 heteroatoms. The zero-order chi connectivity index (χ0) is 21.5. The molecule has 3 unspecified atom stereocenters. The summed E-state index contributed by atoms with van der Waals surface area (Å²) in [7, 11) is 0. The average molecular weight is 420 g/mol. The molecule has 6 nitrogen and oxygen atoms in total. The second-order valence-corrected chi connectivity index (χ2v) is 9.18. The van der Waals surface area contributed by atoms with Gasteiger partial charge in [0.15, 0.2) is 0 Å². The van der Waals surface area contributed by atoms with Crippen LogP contribution in [0.2, 0.25) is 0 Å². The van der Waals surface area contributed by atoms with Crippen LogP contribution in [0.1, 0.15) is 43.2 Å². The third kappa shape index (κ3) is 3.80. The lowest BCUT2D eigenvalue weighted by Gasteiger charge is -2.39. The Morgan fingerprint density at radius 3 is 2.52 bits per heavy atom. The average Bonchev–Trinajstić information content (AvgIpc) is 3.27. The van der Waals surface area contributed by atoms with Crippen LogP contribution in [-0.2, 0) is 9.59 Å². The number of aromatic nitrogens is 1. The molecule has 2 aromatic rings. The largest absolute Gasteiger partial charge is 0.474 e. The van der Waals surface area contributed by atoms with Crippen LogP contribution in [0.15, 0.2) is 42.6 Å². The van der Waals surface area contributed by atoms with Crippen molar-refractivity contribution in [1.29, 1.82) is 0 Å². The fraction of sp³-hybridized carbons (Fsp3) is 0.480. The van der Waals surface area contributed by atoms with Gasteiger partial charge in [0, 0.05) is 55.8 Å². The van der Waals surface area contributed by atoms with E-state index in [1.54, 1.807) is 11.1 Å². The van der Waals surface area contributed by atoms with Gasteiger partial charge in [0.25, 0.3) is 0 Å². The number of carbonyl (C=O) groups is 2. The molecule has 0 saturated carbocycles. The molecule has 2 bridgehead atoms. The second kappa shape index (κ2) is 7.98. The number of hydrogen-bond acceptors (Lipinski definition) is 4. The molecule has 4 heterocycles. The van der Waals surface area contributed by atoms with Crippen molar-refractivity contribution in [2.45, 2.75) is 64.1 Å². The van der Waals surface area contributed by atoms with Crippen LogP contribution in [0.3, 0.4) is 0 Å². The van der Waals surface area contributed by atoms with Crippen molar-refractivity contribution < 1.29 is 14.3 Å². The molecule has 162 valence electrons. The number of fused-ring (bicyclic) bond motifs is 2. The topological polar surface area (TPSA) is 62.7 Å². The summed E-state index contributed by atoms with van der Waals surface area (Å²) in [6.07, 6.45) is 5.82. The lowest BCUT2D eigenvalue weighted by Crippen LogP contribution is -2.51. The smallest absolute Gasteiger partial charge is 0.228 e. The van der Waals surface area contributed by atoms with Crippen LogP contribution >= 0.6 is 0 Å². The predicted molar refractivity (Wildman–Crippen MR) is 118 cm³/mol. The zero-order valence-corrected chi connectivity index (χ0v) is 18.2. The van der Waals surface area contributed by atoms with E-state index >= 15 is 0 Å². The fourth-order valence-corrected chi connectivity index (χ4v) is 5.40. The Hall–Kier alpha value is -2.89. The van der Waals surface area contributed by atoms with E-state index in [0.717, 1.165) is 36.9 Å². The summed E-state index contributed by atoms with van der Waals surface area (Å²) in [5.74, 6) is 0.577. The van der Waals surface area contributed by atoms with Crippen molar-refractivity contribution >= 4 is 17.5 Å². The molecule has 0 aliphatic carbocycles.